The molecule has 0 aliphatic rings. The minimum absolute atomic E-state index is 0.280. The van der Waals surface area contributed by atoms with Gasteiger partial charge in [-0.3, -0.25) is 9.69 Å². The summed E-state index contributed by atoms with van der Waals surface area (Å²) in [5.74, 6) is -0.927. The van der Waals surface area contributed by atoms with Gasteiger partial charge in [0.15, 0.2) is 6.10 Å². The van der Waals surface area contributed by atoms with Crippen molar-refractivity contribution in [1.29, 1.82) is 0 Å². The summed E-state index contributed by atoms with van der Waals surface area (Å²) >= 11 is 1.18. The fourth-order valence-electron chi connectivity index (χ4n) is 3.47. The average molecular weight is 466 g/mol. The summed E-state index contributed by atoms with van der Waals surface area (Å²) in [5.41, 5.74) is 1.92. The monoisotopic (exact) mass is 465 g/mol. The summed E-state index contributed by atoms with van der Waals surface area (Å²) in [4.78, 5) is 33.3. The SMILES string of the molecule is C=CCN(CC=C)Cc1ccc2c(NC(=O)[C@H](OC)c3ccccc3)c(C(=O)OC)sc2n1. The van der Waals surface area contributed by atoms with Crippen molar-refractivity contribution < 1.29 is 19.1 Å². The lowest BCUT2D eigenvalue weighted by Gasteiger charge is -2.18. The van der Waals surface area contributed by atoms with Gasteiger partial charge in [0.05, 0.1) is 18.5 Å². The lowest BCUT2D eigenvalue weighted by molar-refractivity contribution is -0.126. The number of fused-ring (bicyclic) bond motifs is 1. The van der Waals surface area contributed by atoms with E-state index < -0.39 is 12.1 Å². The van der Waals surface area contributed by atoms with Crippen molar-refractivity contribution in [2.45, 2.75) is 12.6 Å². The van der Waals surface area contributed by atoms with E-state index in [1.165, 1.54) is 25.6 Å². The van der Waals surface area contributed by atoms with Gasteiger partial charge in [-0.05, 0) is 17.7 Å². The highest BCUT2D eigenvalue weighted by atomic mass is 32.1. The third-order valence-electron chi connectivity index (χ3n) is 4.97. The molecule has 1 aromatic carbocycles. The zero-order valence-electron chi connectivity index (χ0n) is 18.7. The quantitative estimate of drug-likeness (QED) is 0.330. The largest absolute Gasteiger partial charge is 0.465 e. The van der Waals surface area contributed by atoms with Gasteiger partial charge in [0.2, 0.25) is 0 Å². The number of rotatable bonds is 11. The van der Waals surface area contributed by atoms with E-state index >= 15 is 0 Å². The lowest BCUT2D eigenvalue weighted by Crippen LogP contribution is -2.24. The number of carbonyl (C=O) groups is 2. The Hall–Kier alpha value is -3.33. The van der Waals surface area contributed by atoms with Crippen LogP contribution in [0, 0.1) is 0 Å². The number of benzene rings is 1. The number of hydrogen-bond acceptors (Lipinski definition) is 7. The van der Waals surface area contributed by atoms with Gasteiger partial charge in [-0.25, -0.2) is 9.78 Å². The number of ether oxygens (including phenoxy) is 2. The highest BCUT2D eigenvalue weighted by molar-refractivity contribution is 7.21. The zero-order chi connectivity index (χ0) is 23.8. The van der Waals surface area contributed by atoms with Crippen LogP contribution in [0.25, 0.3) is 10.2 Å². The predicted molar refractivity (Wildman–Crippen MR) is 131 cm³/mol. The summed E-state index contributed by atoms with van der Waals surface area (Å²) < 4.78 is 10.4. The number of nitrogens with zero attached hydrogens (tertiary/aromatic N) is 2. The number of pyridine rings is 1. The average Bonchev–Trinajstić information content (AvgIpc) is 3.17. The Labute approximate surface area is 197 Å². The second-order valence-corrected chi connectivity index (χ2v) is 8.24. The van der Waals surface area contributed by atoms with E-state index in [2.05, 4.69) is 23.4 Å². The van der Waals surface area contributed by atoms with E-state index in [-0.39, 0.29) is 10.8 Å². The second-order valence-electron chi connectivity index (χ2n) is 7.24. The Kier molecular flexibility index (Phi) is 8.48. The molecule has 172 valence electrons. The van der Waals surface area contributed by atoms with Gasteiger partial charge in [0, 0.05) is 32.1 Å². The summed E-state index contributed by atoms with van der Waals surface area (Å²) in [5, 5.41) is 3.53. The Morgan fingerprint density at radius 2 is 1.82 bits per heavy atom. The third kappa shape index (κ3) is 5.73. The van der Waals surface area contributed by atoms with Gasteiger partial charge < -0.3 is 14.8 Å². The van der Waals surface area contributed by atoms with Crippen LogP contribution < -0.4 is 5.32 Å². The molecule has 0 saturated carbocycles. The van der Waals surface area contributed by atoms with Crippen molar-refractivity contribution in [3.63, 3.8) is 0 Å². The Balaban J connectivity index is 1.96. The molecule has 0 unspecified atom stereocenters. The number of nitrogens with one attached hydrogen (secondary N) is 1. The van der Waals surface area contributed by atoms with E-state index in [9.17, 15) is 9.59 Å². The van der Waals surface area contributed by atoms with Crippen LogP contribution in [0.15, 0.2) is 67.8 Å². The standard InChI is InChI=1S/C25H27N3O4S/c1-5-14-28(15-6-2)16-18-12-13-19-20(22(25(30)32-4)33-24(19)26-18)27-23(29)21(31-3)17-10-8-7-9-11-17/h5-13,21H,1-2,14-16H2,3-4H3,(H,27,29)/t21-/m1/s1. The number of hydrogen-bond donors (Lipinski definition) is 1. The van der Waals surface area contributed by atoms with Gasteiger partial charge >= 0.3 is 5.97 Å². The molecule has 2 aromatic heterocycles. The maximum absolute atomic E-state index is 13.1. The Morgan fingerprint density at radius 3 is 2.42 bits per heavy atom. The minimum Gasteiger partial charge on any atom is -0.465 e. The van der Waals surface area contributed by atoms with Gasteiger partial charge in [-0.15, -0.1) is 24.5 Å². The highest BCUT2D eigenvalue weighted by Crippen LogP contribution is 2.36. The van der Waals surface area contributed by atoms with Crippen LogP contribution in [0.1, 0.15) is 27.0 Å². The molecule has 0 aliphatic carbocycles. The van der Waals surface area contributed by atoms with Crippen LogP contribution in [-0.4, -0.2) is 49.1 Å². The van der Waals surface area contributed by atoms with E-state index in [1.807, 2.05) is 54.6 Å². The van der Waals surface area contributed by atoms with Gasteiger partial charge in [0.1, 0.15) is 9.71 Å². The molecule has 0 saturated heterocycles. The normalized spacial score (nSPS) is 11.8. The summed E-state index contributed by atoms with van der Waals surface area (Å²) in [6, 6.07) is 12.9. The molecular formula is C25H27N3O4S. The number of carbonyl (C=O) groups excluding carboxylic acids is 2. The Morgan fingerprint density at radius 1 is 1.12 bits per heavy atom. The first-order valence-corrected chi connectivity index (χ1v) is 11.2. The molecule has 3 aromatic rings. The lowest BCUT2D eigenvalue weighted by atomic mass is 10.1. The van der Waals surface area contributed by atoms with Gasteiger partial charge in [-0.1, -0.05) is 42.5 Å². The molecular weight excluding hydrogens is 438 g/mol. The molecule has 0 radical (unpaired) electrons. The first-order chi connectivity index (χ1) is 16.0. The summed E-state index contributed by atoms with van der Waals surface area (Å²) in [7, 11) is 2.78. The maximum atomic E-state index is 13.1. The first-order valence-electron chi connectivity index (χ1n) is 10.4. The fourth-order valence-corrected chi connectivity index (χ4v) is 4.54. The molecule has 1 atom stereocenters. The van der Waals surface area contributed by atoms with Crippen molar-refractivity contribution in [2.75, 3.05) is 32.6 Å². The second kappa shape index (κ2) is 11.5. The van der Waals surface area contributed by atoms with Crippen molar-refractivity contribution in [1.82, 2.24) is 9.88 Å². The topological polar surface area (TPSA) is 80.8 Å². The van der Waals surface area contributed by atoms with E-state index in [0.29, 0.717) is 41.1 Å². The van der Waals surface area contributed by atoms with Crippen LogP contribution >= 0.6 is 11.3 Å². The first kappa shape index (κ1) is 24.3. The molecule has 1 N–H and O–H groups in total. The van der Waals surface area contributed by atoms with Crippen molar-refractivity contribution in [2.24, 2.45) is 0 Å². The number of aromatic nitrogens is 1. The number of anilines is 1. The van der Waals surface area contributed by atoms with Crippen LogP contribution in [0.5, 0.6) is 0 Å². The molecule has 0 aliphatic heterocycles. The van der Waals surface area contributed by atoms with E-state index in [1.54, 1.807) is 0 Å². The van der Waals surface area contributed by atoms with E-state index in [0.717, 1.165) is 5.69 Å². The smallest absolute Gasteiger partial charge is 0.350 e. The number of methoxy groups -OCH3 is 2. The van der Waals surface area contributed by atoms with Crippen LogP contribution in [0.2, 0.25) is 0 Å². The summed E-state index contributed by atoms with van der Waals surface area (Å²) in [6.07, 6.45) is 2.83. The van der Waals surface area contributed by atoms with Gasteiger partial charge in [-0.2, -0.15) is 0 Å². The molecule has 8 heteroatoms. The highest BCUT2D eigenvalue weighted by Gasteiger charge is 2.26. The van der Waals surface area contributed by atoms with Crippen molar-refractivity contribution in [3.8, 4) is 0 Å². The fraction of sp³-hybridized carbons (Fsp3) is 0.240. The molecule has 0 bridgehead atoms. The minimum atomic E-state index is -0.828. The zero-order valence-corrected chi connectivity index (χ0v) is 19.6. The molecule has 2 heterocycles. The molecule has 3 rings (SSSR count). The third-order valence-corrected chi connectivity index (χ3v) is 6.05. The van der Waals surface area contributed by atoms with Crippen LogP contribution in [0.3, 0.4) is 0 Å². The van der Waals surface area contributed by atoms with Gasteiger partial charge in [0.25, 0.3) is 5.91 Å². The summed E-state index contributed by atoms with van der Waals surface area (Å²) in [6.45, 7) is 9.58. The number of esters is 1. The molecule has 0 fully saturated rings. The van der Waals surface area contributed by atoms with Crippen molar-refractivity contribution in [3.05, 3.63) is 83.9 Å². The number of amides is 1. The van der Waals surface area contributed by atoms with Crippen LogP contribution in [0.4, 0.5) is 5.69 Å². The maximum Gasteiger partial charge on any atom is 0.350 e. The molecule has 0 spiro atoms. The number of thiophene rings is 1. The molecule has 1 amide bonds. The Bertz CT molecular complexity index is 1130. The van der Waals surface area contributed by atoms with E-state index in [4.69, 9.17) is 14.5 Å². The van der Waals surface area contributed by atoms with Crippen molar-refractivity contribution >= 4 is 39.1 Å². The molecule has 7 nitrogen and oxygen atoms in total. The predicted octanol–water partition coefficient (Wildman–Crippen LogP) is 4.58. The molecule has 33 heavy (non-hydrogen) atoms. The van der Waals surface area contributed by atoms with Crippen LogP contribution in [-0.2, 0) is 20.8 Å².